The number of carbonyl (C=O) groups excluding carboxylic acids is 1. The number of aryl methyl sites for hydroxylation is 1. The van der Waals surface area contributed by atoms with Crippen LogP contribution in [-0.2, 0) is 11.3 Å². The highest BCUT2D eigenvalue weighted by atomic mass is 35.5. The van der Waals surface area contributed by atoms with E-state index in [1.54, 1.807) is 12.1 Å². The molecule has 25 heavy (non-hydrogen) atoms. The smallest absolute Gasteiger partial charge is 0.300 e. The molecule has 0 radical (unpaired) electrons. The first-order chi connectivity index (χ1) is 11.9. The van der Waals surface area contributed by atoms with Crippen molar-refractivity contribution in [2.24, 2.45) is 0 Å². The van der Waals surface area contributed by atoms with Gasteiger partial charge in [-0.15, -0.1) is 11.3 Å². The molecule has 0 aliphatic rings. The molecule has 2 N–H and O–H groups in total. The summed E-state index contributed by atoms with van der Waals surface area (Å²) in [6.07, 6.45) is 1.27. The summed E-state index contributed by atoms with van der Waals surface area (Å²) in [7, 11) is 0. The maximum absolute atomic E-state index is 12.1. The molecule has 2 heterocycles. The highest BCUT2D eigenvalue weighted by Gasteiger charge is 2.13. The van der Waals surface area contributed by atoms with Crippen molar-refractivity contribution in [1.29, 1.82) is 0 Å². The molecule has 1 amide bonds. The van der Waals surface area contributed by atoms with E-state index in [1.807, 2.05) is 19.1 Å². The molecule has 128 valence electrons. The SMILES string of the molecule is Cc1sc(NC(=O)Cn2ccc(=O)[nH]c2=O)nc1-c1ccc(Cl)cc1. The zero-order valence-corrected chi connectivity index (χ0v) is 14.6. The van der Waals surface area contributed by atoms with Crippen molar-refractivity contribution in [3.8, 4) is 11.3 Å². The minimum Gasteiger partial charge on any atom is -0.300 e. The molecular formula is C16H13ClN4O3S. The number of thiazole rings is 1. The first kappa shape index (κ1) is 17.1. The maximum atomic E-state index is 12.1. The van der Waals surface area contributed by atoms with Crippen LogP contribution >= 0.6 is 22.9 Å². The van der Waals surface area contributed by atoms with Gasteiger partial charge in [-0.1, -0.05) is 23.7 Å². The predicted octanol–water partition coefficient (Wildman–Crippen LogP) is 2.26. The van der Waals surface area contributed by atoms with E-state index in [0.29, 0.717) is 10.2 Å². The molecule has 3 aromatic rings. The third-order valence-corrected chi connectivity index (χ3v) is 4.51. The van der Waals surface area contributed by atoms with Crippen molar-refractivity contribution in [3.63, 3.8) is 0 Å². The van der Waals surface area contributed by atoms with Crippen molar-refractivity contribution in [2.45, 2.75) is 13.5 Å². The molecule has 0 saturated heterocycles. The molecule has 0 unspecified atom stereocenters. The van der Waals surface area contributed by atoms with E-state index in [4.69, 9.17) is 11.6 Å². The van der Waals surface area contributed by atoms with Gasteiger partial charge in [0.05, 0.1) is 5.69 Å². The van der Waals surface area contributed by atoms with E-state index in [-0.39, 0.29) is 6.54 Å². The normalized spacial score (nSPS) is 10.6. The number of halogens is 1. The molecule has 2 aromatic heterocycles. The fourth-order valence-corrected chi connectivity index (χ4v) is 3.19. The third-order valence-electron chi connectivity index (χ3n) is 3.37. The first-order valence-electron chi connectivity index (χ1n) is 7.25. The van der Waals surface area contributed by atoms with Gasteiger partial charge in [-0.25, -0.2) is 9.78 Å². The number of hydrogen-bond donors (Lipinski definition) is 2. The topological polar surface area (TPSA) is 96.9 Å². The minimum absolute atomic E-state index is 0.218. The third kappa shape index (κ3) is 4.04. The van der Waals surface area contributed by atoms with Gasteiger partial charge in [-0.3, -0.25) is 19.1 Å². The van der Waals surface area contributed by atoms with Crippen LogP contribution in [0.3, 0.4) is 0 Å². The summed E-state index contributed by atoms with van der Waals surface area (Å²) in [5.74, 6) is -0.412. The van der Waals surface area contributed by atoms with Gasteiger partial charge in [0.25, 0.3) is 5.56 Å². The van der Waals surface area contributed by atoms with Crippen LogP contribution < -0.4 is 16.6 Å². The number of carbonyl (C=O) groups is 1. The van der Waals surface area contributed by atoms with Gasteiger partial charge in [0.15, 0.2) is 5.13 Å². The van der Waals surface area contributed by atoms with Crippen LogP contribution in [0, 0.1) is 6.92 Å². The Kier molecular flexibility index (Phi) is 4.82. The molecule has 0 atom stereocenters. The van der Waals surface area contributed by atoms with E-state index < -0.39 is 17.2 Å². The Hall–Kier alpha value is -2.71. The molecule has 0 aliphatic carbocycles. The largest absolute Gasteiger partial charge is 0.328 e. The lowest BCUT2D eigenvalue weighted by molar-refractivity contribution is -0.116. The summed E-state index contributed by atoms with van der Waals surface area (Å²) in [5, 5.41) is 3.74. The van der Waals surface area contributed by atoms with Gasteiger partial charge >= 0.3 is 5.69 Å². The van der Waals surface area contributed by atoms with Crippen molar-refractivity contribution in [3.05, 3.63) is 67.3 Å². The van der Waals surface area contributed by atoms with Gasteiger partial charge in [0, 0.05) is 27.7 Å². The van der Waals surface area contributed by atoms with Crippen LogP contribution in [-0.4, -0.2) is 20.4 Å². The summed E-state index contributed by atoms with van der Waals surface area (Å²) >= 11 is 7.23. The fraction of sp³-hybridized carbons (Fsp3) is 0.125. The van der Waals surface area contributed by atoms with Crippen LogP contribution in [0.1, 0.15) is 4.88 Å². The number of aromatic nitrogens is 3. The van der Waals surface area contributed by atoms with Gasteiger partial charge in [-0.2, -0.15) is 0 Å². The van der Waals surface area contributed by atoms with E-state index in [1.165, 1.54) is 23.6 Å². The summed E-state index contributed by atoms with van der Waals surface area (Å²) in [4.78, 5) is 42.2. The standard InChI is InChI=1S/C16H13ClN4O3S/c1-9-14(10-2-4-11(17)5-3-10)20-15(25-9)18-13(23)8-21-7-6-12(22)19-16(21)24/h2-7H,8H2,1H3,(H,18,20,23)(H,19,22,24). The minimum atomic E-state index is -0.639. The molecule has 1 aromatic carbocycles. The van der Waals surface area contributed by atoms with Crippen molar-refractivity contribution < 1.29 is 4.79 Å². The first-order valence-corrected chi connectivity index (χ1v) is 8.45. The molecule has 0 fully saturated rings. The van der Waals surface area contributed by atoms with Gasteiger partial charge in [-0.05, 0) is 19.1 Å². The lowest BCUT2D eigenvalue weighted by Gasteiger charge is -2.04. The van der Waals surface area contributed by atoms with Crippen molar-refractivity contribution in [1.82, 2.24) is 14.5 Å². The van der Waals surface area contributed by atoms with Crippen LogP contribution in [0.5, 0.6) is 0 Å². The Morgan fingerprint density at radius 1 is 1.28 bits per heavy atom. The van der Waals surface area contributed by atoms with E-state index in [9.17, 15) is 14.4 Å². The van der Waals surface area contributed by atoms with E-state index in [0.717, 1.165) is 20.7 Å². The van der Waals surface area contributed by atoms with Crippen LogP contribution in [0.25, 0.3) is 11.3 Å². The second-order valence-electron chi connectivity index (χ2n) is 5.22. The average Bonchev–Trinajstić information content (AvgIpc) is 2.91. The number of nitrogens with zero attached hydrogens (tertiary/aromatic N) is 2. The van der Waals surface area contributed by atoms with E-state index >= 15 is 0 Å². The summed E-state index contributed by atoms with van der Waals surface area (Å²) in [6, 6.07) is 8.44. The monoisotopic (exact) mass is 376 g/mol. The van der Waals surface area contributed by atoms with Crippen LogP contribution in [0.4, 0.5) is 5.13 Å². The summed E-state index contributed by atoms with van der Waals surface area (Å²) in [6.45, 7) is 1.69. The average molecular weight is 377 g/mol. The van der Waals surface area contributed by atoms with Crippen molar-refractivity contribution in [2.75, 3.05) is 5.32 Å². The number of aromatic amines is 1. The number of nitrogens with one attached hydrogen (secondary N) is 2. The number of benzene rings is 1. The molecule has 0 saturated carbocycles. The van der Waals surface area contributed by atoms with Gasteiger partial charge in [0.2, 0.25) is 5.91 Å². The van der Waals surface area contributed by atoms with E-state index in [2.05, 4.69) is 15.3 Å². The second kappa shape index (κ2) is 7.04. The number of amides is 1. The molecule has 3 rings (SSSR count). The van der Waals surface area contributed by atoms with Gasteiger partial charge in [0.1, 0.15) is 6.54 Å². The lowest BCUT2D eigenvalue weighted by atomic mass is 10.1. The van der Waals surface area contributed by atoms with Gasteiger partial charge < -0.3 is 5.32 Å². The molecule has 7 nitrogen and oxygen atoms in total. The lowest BCUT2D eigenvalue weighted by Crippen LogP contribution is -2.32. The zero-order chi connectivity index (χ0) is 18.0. The zero-order valence-electron chi connectivity index (χ0n) is 13.1. The van der Waals surface area contributed by atoms with Crippen molar-refractivity contribution >= 4 is 34.0 Å². The highest BCUT2D eigenvalue weighted by Crippen LogP contribution is 2.30. The Morgan fingerprint density at radius 2 is 2.00 bits per heavy atom. The summed E-state index contributed by atoms with van der Waals surface area (Å²) < 4.78 is 1.11. The molecular weight excluding hydrogens is 364 g/mol. The Balaban J connectivity index is 1.76. The Labute approximate surface area is 150 Å². The molecule has 9 heteroatoms. The number of hydrogen-bond acceptors (Lipinski definition) is 5. The number of anilines is 1. The number of H-pyrrole nitrogens is 1. The van der Waals surface area contributed by atoms with Crippen LogP contribution in [0.2, 0.25) is 5.02 Å². The summed E-state index contributed by atoms with van der Waals surface area (Å²) in [5.41, 5.74) is 0.512. The Bertz CT molecular complexity index is 1040. The quantitative estimate of drug-likeness (QED) is 0.729. The van der Waals surface area contributed by atoms with Crippen LogP contribution in [0.15, 0.2) is 46.1 Å². The molecule has 0 aliphatic heterocycles. The second-order valence-corrected chi connectivity index (χ2v) is 6.86. The fourth-order valence-electron chi connectivity index (χ4n) is 2.21. The molecule has 0 spiro atoms. The maximum Gasteiger partial charge on any atom is 0.328 e. The predicted molar refractivity (Wildman–Crippen MR) is 97.2 cm³/mol. The number of rotatable bonds is 4. The highest BCUT2D eigenvalue weighted by molar-refractivity contribution is 7.16. The Morgan fingerprint density at radius 3 is 2.68 bits per heavy atom. The molecule has 0 bridgehead atoms.